The third-order valence-corrected chi connectivity index (χ3v) is 2.48. The molecule has 0 aliphatic rings. The Balaban J connectivity index is 2.50. The van der Waals surface area contributed by atoms with Gasteiger partial charge in [0.1, 0.15) is 6.61 Å². The first kappa shape index (κ1) is 14.8. The fraction of sp³-hybridized carbons (Fsp3) is 0.308. The van der Waals surface area contributed by atoms with Crippen molar-refractivity contribution in [3.8, 4) is 0 Å². The molecule has 1 rings (SSSR count). The van der Waals surface area contributed by atoms with E-state index in [0.29, 0.717) is 11.1 Å². The summed E-state index contributed by atoms with van der Waals surface area (Å²) in [6, 6.07) is 5.81. The van der Waals surface area contributed by atoms with Crippen LogP contribution in [0.4, 0.5) is 0 Å². The number of ether oxygens (including phenoxy) is 1. The van der Waals surface area contributed by atoms with Gasteiger partial charge in [-0.3, -0.25) is 14.4 Å². The van der Waals surface area contributed by atoms with Crippen LogP contribution in [0.1, 0.15) is 28.8 Å². The van der Waals surface area contributed by atoms with Crippen LogP contribution in [0, 0.1) is 0 Å². The lowest BCUT2D eigenvalue weighted by Crippen LogP contribution is -2.22. The molecule has 4 N–H and O–H groups in total. The maximum Gasteiger partial charge on any atom is 0.306 e. The van der Waals surface area contributed by atoms with Crippen LogP contribution in [0.25, 0.3) is 0 Å². The molecule has 1 aromatic carbocycles. The largest absolute Gasteiger partial charge is 0.461 e. The number of hydrogen-bond donors (Lipinski definition) is 2. The van der Waals surface area contributed by atoms with Gasteiger partial charge < -0.3 is 16.2 Å². The standard InChI is InChI=1S/C13H15N2O4/c14-10(7-16)5-6-12(17)19-8-9-3-1-2-4-11(9)13(15)18/h1-4,10H,5-6,8,14H2,(H2,15,18)/t10-/m0/s1. The summed E-state index contributed by atoms with van der Waals surface area (Å²) in [5.74, 6) is -1.07. The molecule has 1 radical (unpaired) electrons. The molecule has 0 heterocycles. The number of carbonyl (C=O) groups is 2. The van der Waals surface area contributed by atoms with Crippen molar-refractivity contribution in [2.24, 2.45) is 11.5 Å². The van der Waals surface area contributed by atoms with Crippen molar-refractivity contribution in [3.05, 3.63) is 35.4 Å². The van der Waals surface area contributed by atoms with Gasteiger partial charge >= 0.3 is 5.97 Å². The van der Waals surface area contributed by atoms with E-state index in [9.17, 15) is 14.4 Å². The zero-order valence-corrected chi connectivity index (χ0v) is 10.3. The minimum atomic E-state index is -0.787. The number of hydrogen-bond acceptors (Lipinski definition) is 5. The molecule has 0 saturated carbocycles. The Bertz CT molecular complexity index is 473. The molecule has 0 aliphatic heterocycles. The van der Waals surface area contributed by atoms with Gasteiger partial charge in [-0.2, -0.15) is 0 Å². The number of amides is 1. The maximum absolute atomic E-state index is 11.4. The van der Waals surface area contributed by atoms with Gasteiger partial charge in [0.05, 0.1) is 6.04 Å². The predicted octanol–water partition coefficient (Wildman–Crippen LogP) is 0.0459. The summed E-state index contributed by atoms with van der Waals surface area (Å²) >= 11 is 0. The lowest BCUT2D eigenvalue weighted by molar-refractivity contribution is -0.145. The first-order valence-corrected chi connectivity index (χ1v) is 5.71. The topological polar surface area (TPSA) is 112 Å². The summed E-state index contributed by atoms with van der Waals surface area (Å²) < 4.78 is 4.98. The minimum Gasteiger partial charge on any atom is -0.461 e. The molecule has 1 aromatic rings. The summed E-state index contributed by atoms with van der Waals surface area (Å²) in [4.78, 5) is 32.7. The quantitative estimate of drug-likeness (QED) is 0.675. The second-order valence-electron chi connectivity index (χ2n) is 3.95. The molecule has 0 aromatic heterocycles. The van der Waals surface area contributed by atoms with E-state index in [1.54, 1.807) is 30.6 Å². The Kier molecular flexibility index (Phi) is 5.69. The van der Waals surface area contributed by atoms with Crippen LogP contribution in [-0.2, 0) is 20.9 Å². The second kappa shape index (κ2) is 7.27. The van der Waals surface area contributed by atoms with E-state index in [0.717, 1.165) is 0 Å². The van der Waals surface area contributed by atoms with E-state index in [1.165, 1.54) is 0 Å². The van der Waals surface area contributed by atoms with Crippen molar-refractivity contribution in [2.75, 3.05) is 0 Å². The first-order chi connectivity index (χ1) is 9.04. The van der Waals surface area contributed by atoms with Crippen LogP contribution in [0.2, 0.25) is 0 Å². The van der Waals surface area contributed by atoms with Gasteiger partial charge in [0.25, 0.3) is 0 Å². The summed E-state index contributed by atoms with van der Waals surface area (Å²) in [6.07, 6.45) is 1.78. The average molecular weight is 263 g/mol. The van der Waals surface area contributed by atoms with Crippen LogP contribution in [-0.4, -0.2) is 24.2 Å². The monoisotopic (exact) mass is 263 g/mol. The van der Waals surface area contributed by atoms with Crippen molar-refractivity contribution in [2.45, 2.75) is 25.5 Å². The molecule has 6 nitrogen and oxygen atoms in total. The first-order valence-electron chi connectivity index (χ1n) is 5.71. The van der Waals surface area contributed by atoms with Gasteiger partial charge in [0.15, 0.2) is 0 Å². The molecular weight excluding hydrogens is 248 g/mol. The normalized spacial score (nSPS) is 11.6. The van der Waals surface area contributed by atoms with Crippen LogP contribution in [0.5, 0.6) is 0 Å². The Hall–Kier alpha value is -2.21. The van der Waals surface area contributed by atoms with Gasteiger partial charge in [-0.15, -0.1) is 0 Å². The minimum absolute atomic E-state index is 0.0230. The van der Waals surface area contributed by atoms with Gasteiger partial charge in [-0.05, 0) is 12.5 Å². The molecule has 0 saturated heterocycles. The molecule has 0 unspecified atom stereocenters. The number of benzene rings is 1. The Morgan fingerprint density at radius 2 is 2.00 bits per heavy atom. The molecule has 0 bridgehead atoms. The van der Waals surface area contributed by atoms with E-state index >= 15 is 0 Å². The molecule has 0 spiro atoms. The maximum atomic E-state index is 11.4. The lowest BCUT2D eigenvalue weighted by Gasteiger charge is -2.08. The molecule has 19 heavy (non-hydrogen) atoms. The molecule has 1 amide bonds. The highest BCUT2D eigenvalue weighted by Gasteiger charge is 2.11. The lowest BCUT2D eigenvalue weighted by atomic mass is 10.1. The highest BCUT2D eigenvalue weighted by molar-refractivity contribution is 5.94. The van der Waals surface area contributed by atoms with Gasteiger partial charge in [-0.1, -0.05) is 18.2 Å². The number of esters is 1. The summed E-state index contributed by atoms with van der Waals surface area (Å²) in [6.45, 7) is -0.0437. The molecular formula is C13H15N2O4. The Morgan fingerprint density at radius 1 is 1.32 bits per heavy atom. The van der Waals surface area contributed by atoms with Crippen LogP contribution in [0.3, 0.4) is 0 Å². The predicted molar refractivity (Wildman–Crippen MR) is 67.7 cm³/mol. The zero-order chi connectivity index (χ0) is 14.3. The van der Waals surface area contributed by atoms with E-state index in [-0.39, 0.29) is 19.4 Å². The number of nitrogens with two attached hydrogens (primary N) is 2. The van der Waals surface area contributed by atoms with E-state index < -0.39 is 17.9 Å². The van der Waals surface area contributed by atoms with Crippen molar-refractivity contribution in [3.63, 3.8) is 0 Å². The second-order valence-corrected chi connectivity index (χ2v) is 3.95. The van der Waals surface area contributed by atoms with Crippen LogP contribution in [0.15, 0.2) is 24.3 Å². The SMILES string of the molecule is NC(=O)c1ccccc1COC(=O)CC[C@H](N)[C]=O. The summed E-state index contributed by atoms with van der Waals surface area (Å²) in [5.41, 5.74) is 11.3. The number of rotatable bonds is 7. The highest BCUT2D eigenvalue weighted by atomic mass is 16.5. The van der Waals surface area contributed by atoms with Gasteiger partial charge in [0.2, 0.25) is 12.2 Å². The highest BCUT2D eigenvalue weighted by Crippen LogP contribution is 2.10. The Morgan fingerprint density at radius 3 is 2.63 bits per heavy atom. The number of primary amides is 1. The molecule has 101 valence electrons. The van der Waals surface area contributed by atoms with Crippen LogP contribution < -0.4 is 11.5 Å². The average Bonchev–Trinajstić information content (AvgIpc) is 2.42. The number of carbonyl (C=O) groups excluding carboxylic acids is 3. The summed E-state index contributed by atoms with van der Waals surface area (Å²) in [7, 11) is 0. The Labute approximate surface area is 110 Å². The van der Waals surface area contributed by atoms with Crippen molar-refractivity contribution >= 4 is 18.2 Å². The molecule has 1 atom stereocenters. The zero-order valence-electron chi connectivity index (χ0n) is 10.3. The van der Waals surface area contributed by atoms with Crippen molar-refractivity contribution in [1.82, 2.24) is 0 Å². The van der Waals surface area contributed by atoms with E-state index in [2.05, 4.69) is 0 Å². The molecule has 0 fully saturated rings. The molecule has 0 aliphatic carbocycles. The van der Waals surface area contributed by atoms with Crippen molar-refractivity contribution in [1.29, 1.82) is 0 Å². The van der Waals surface area contributed by atoms with Crippen LogP contribution >= 0.6 is 0 Å². The smallest absolute Gasteiger partial charge is 0.306 e. The molecule has 6 heteroatoms. The van der Waals surface area contributed by atoms with E-state index in [4.69, 9.17) is 16.2 Å². The van der Waals surface area contributed by atoms with E-state index in [1.807, 2.05) is 0 Å². The fourth-order valence-corrected chi connectivity index (χ4v) is 1.45. The van der Waals surface area contributed by atoms with Crippen molar-refractivity contribution < 1.29 is 19.1 Å². The van der Waals surface area contributed by atoms with Gasteiger partial charge in [-0.25, -0.2) is 0 Å². The third kappa shape index (κ3) is 4.89. The third-order valence-electron chi connectivity index (χ3n) is 2.48. The fourth-order valence-electron chi connectivity index (χ4n) is 1.45. The van der Waals surface area contributed by atoms with Gasteiger partial charge in [0, 0.05) is 17.5 Å². The summed E-state index contributed by atoms with van der Waals surface area (Å²) in [5, 5.41) is 0.